The van der Waals surface area contributed by atoms with E-state index in [1.165, 1.54) is 35.1 Å². The van der Waals surface area contributed by atoms with Crippen LogP contribution >= 0.6 is 0 Å². The van der Waals surface area contributed by atoms with Crippen LogP contribution in [0.5, 0.6) is 0 Å². The Morgan fingerprint density at radius 3 is 2.73 bits per heavy atom. The summed E-state index contributed by atoms with van der Waals surface area (Å²) in [6.07, 6.45) is 12.8. The number of hydrogen-bond donors (Lipinski definition) is 0. The van der Waals surface area contributed by atoms with Gasteiger partial charge >= 0.3 is 0 Å². The maximum absolute atomic E-state index is 3.69. The second kappa shape index (κ2) is 5.55. The zero-order valence-electron chi connectivity index (χ0n) is 10.0. The second-order valence-electron chi connectivity index (χ2n) is 4.01. The Bertz CT molecular complexity index is 359. The van der Waals surface area contributed by atoms with E-state index >= 15 is 0 Å². The van der Waals surface area contributed by atoms with Crippen molar-refractivity contribution in [3.05, 3.63) is 59.3 Å². The van der Waals surface area contributed by atoms with Crippen molar-refractivity contribution >= 4 is 0 Å². The summed E-state index contributed by atoms with van der Waals surface area (Å²) >= 11 is 0. The molecule has 80 valence electrons. The van der Waals surface area contributed by atoms with Gasteiger partial charge in [-0.2, -0.15) is 0 Å². The minimum atomic E-state index is 1.17. The highest BCUT2D eigenvalue weighted by Gasteiger charge is 2.07. The first-order chi connectivity index (χ1) is 7.16. The van der Waals surface area contributed by atoms with E-state index in [0.29, 0.717) is 0 Å². The van der Waals surface area contributed by atoms with Gasteiger partial charge in [0.15, 0.2) is 0 Å². The average molecular weight is 200 g/mol. The summed E-state index contributed by atoms with van der Waals surface area (Å²) in [5, 5.41) is 0. The van der Waals surface area contributed by atoms with Gasteiger partial charge in [-0.3, -0.25) is 0 Å². The maximum atomic E-state index is 3.69. The fourth-order valence-corrected chi connectivity index (χ4v) is 1.84. The van der Waals surface area contributed by atoms with Crippen molar-refractivity contribution in [2.45, 2.75) is 33.6 Å². The molecule has 0 aliphatic heterocycles. The summed E-state index contributed by atoms with van der Waals surface area (Å²) < 4.78 is 0. The van der Waals surface area contributed by atoms with Gasteiger partial charge in [0.2, 0.25) is 0 Å². The third kappa shape index (κ3) is 3.09. The molecular formula is C15H20. The highest BCUT2D eigenvalue weighted by atomic mass is 14.1. The van der Waals surface area contributed by atoms with Crippen molar-refractivity contribution in [3.8, 4) is 0 Å². The summed E-state index contributed by atoms with van der Waals surface area (Å²) in [5.41, 5.74) is 5.66. The third-order valence-electron chi connectivity index (χ3n) is 2.93. The molecule has 0 heteroatoms. The van der Waals surface area contributed by atoms with E-state index in [-0.39, 0.29) is 0 Å². The van der Waals surface area contributed by atoms with Crippen LogP contribution in [0.2, 0.25) is 0 Å². The van der Waals surface area contributed by atoms with Gasteiger partial charge < -0.3 is 0 Å². The third-order valence-corrected chi connectivity index (χ3v) is 2.93. The molecule has 0 saturated carbocycles. The lowest BCUT2D eigenvalue weighted by molar-refractivity contribution is 0.942. The Hall–Kier alpha value is -1.30. The van der Waals surface area contributed by atoms with Crippen LogP contribution in [0.3, 0.4) is 0 Å². The monoisotopic (exact) mass is 200 g/mol. The lowest BCUT2D eigenvalue weighted by Gasteiger charge is -2.15. The molecule has 0 radical (unpaired) electrons. The highest BCUT2D eigenvalue weighted by Crippen LogP contribution is 2.27. The van der Waals surface area contributed by atoms with Crippen LogP contribution in [-0.2, 0) is 0 Å². The van der Waals surface area contributed by atoms with Crippen LogP contribution in [0, 0.1) is 0 Å². The Labute approximate surface area is 93.4 Å². The quantitative estimate of drug-likeness (QED) is 0.578. The van der Waals surface area contributed by atoms with Crippen LogP contribution < -0.4 is 0 Å². The average Bonchev–Trinajstić information content (AvgIpc) is 2.25. The van der Waals surface area contributed by atoms with Crippen LogP contribution in [0.15, 0.2) is 59.3 Å². The number of allylic oxidation sites excluding steroid dienone is 9. The van der Waals surface area contributed by atoms with Crippen LogP contribution in [0.4, 0.5) is 0 Å². The van der Waals surface area contributed by atoms with Crippen LogP contribution in [-0.4, -0.2) is 0 Å². The van der Waals surface area contributed by atoms with Gasteiger partial charge in [0.05, 0.1) is 0 Å². The molecule has 0 aromatic heterocycles. The molecule has 0 bridgehead atoms. The summed E-state index contributed by atoms with van der Waals surface area (Å²) in [6, 6.07) is 0. The Morgan fingerprint density at radius 1 is 1.40 bits per heavy atom. The van der Waals surface area contributed by atoms with E-state index in [1.807, 2.05) is 12.2 Å². The van der Waals surface area contributed by atoms with Crippen molar-refractivity contribution < 1.29 is 0 Å². The first-order valence-corrected chi connectivity index (χ1v) is 5.50. The number of hydrogen-bond acceptors (Lipinski definition) is 0. The Kier molecular flexibility index (Phi) is 4.36. The summed E-state index contributed by atoms with van der Waals surface area (Å²) in [7, 11) is 0. The molecule has 0 atom stereocenters. The van der Waals surface area contributed by atoms with Crippen LogP contribution in [0.1, 0.15) is 33.6 Å². The van der Waals surface area contributed by atoms with Crippen molar-refractivity contribution in [2.75, 3.05) is 0 Å². The lowest BCUT2D eigenvalue weighted by Crippen LogP contribution is -1.96. The van der Waals surface area contributed by atoms with Gasteiger partial charge in [-0.1, -0.05) is 37.0 Å². The molecule has 0 N–H and O–H groups in total. The van der Waals surface area contributed by atoms with Crippen molar-refractivity contribution in [3.63, 3.8) is 0 Å². The zero-order chi connectivity index (χ0) is 11.3. The SMILES string of the molecule is C=C/C=C\C(C)=C(/C)C1=C(C)C=CCC1. The molecule has 0 unspecified atom stereocenters. The molecule has 0 amide bonds. The summed E-state index contributed by atoms with van der Waals surface area (Å²) in [6.45, 7) is 10.3. The molecule has 1 rings (SSSR count). The Balaban J connectivity index is 3.01. The van der Waals surface area contributed by atoms with Gasteiger partial charge in [-0.15, -0.1) is 0 Å². The standard InChI is InChI=1S/C15H20/c1-5-6-9-12(2)14(4)15-11-8-7-10-13(15)3/h5-7,9-10H,1,8,11H2,2-4H3/b9-6-,14-12+. The van der Waals surface area contributed by atoms with Gasteiger partial charge in [0.1, 0.15) is 0 Å². The van der Waals surface area contributed by atoms with Gasteiger partial charge in [-0.05, 0) is 55.9 Å². The topological polar surface area (TPSA) is 0 Å². The molecular weight excluding hydrogens is 180 g/mol. The van der Waals surface area contributed by atoms with Gasteiger partial charge in [-0.25, -0.2) is 0 Å². The first-order valence-electron chi connectivity index (χ1n) is 5.50. The van der Waals surface area contributed by atoms with Crippen molar-refractivity contribution in [1.29, 1.82) is 0 Å². The molecule has 1 aliphatic carbocycles. The van der Waals surface area contributed by atoms with E-state index in [4.69, 9.17) is 0 Å². The molecule has 0 fully saturated rings. The normalized spacial score (nSPS) is 18.3. The summed E-state index contributed by atoms with van der Waals surface area (Å²) in [4.78, 5) is 0. The smallest absolute Gasteiger partial charge is 0.0239 e. The maximum Gasteiger partial charge on any atom is -0.0239 e. The second-order valence-corrected chi connectivity index (χ2v) is 4.01. The largest absolute Gasteiger partial charge is 0.0991 e. The molecule has 0 saturated heterocycles. The lowest BCUT2D eigenvalue weighted by atomic mass is 9.90. The fraction of sp³-hybridized carbons (Fsp3) is 0.333. The molecule has 0 nitrogen and oxygen atoms in total. The molecule has 0 spiro atoms. The fourth-order valence-electron chi connectivity index (χ4n) is 1.84. The van der Waals surface area contributed by atoms with Gasteiger partial charge in [0.25, 0.3) is 0 Å². The van der Waals surface area contributed by atoms with E-state index in [1.54, 1.807) is 0 Å². The molecule has 15 heavy (non-hydrogen) atoms. The van der Waals surface area contributed by atoms with Crippen molar-refractivity contribution in [2.24, 2.45) is 0 Å². The Morgan fingerprint density at radius 2 is 2.13 bits per heavy atom. The van der Waals surface area contributed by atoms with E-state index < -0.39 is 0 Å². The minimum Gasteiger partial charge on any atom is -0.0991 e. The first kappa shape index (κ1) is 11.8. The van der Waals surface area contributed by atoms with Crippen LogP contribution in [0.25, 0.3) is 0 Å². The molecule has 0 aromatic rings. The summed E-state index contributed by atoms with van der Waals surface area (Å²) in [5.74, 6) is 0. The molecule has 0 heterocycles. The van der Waals surface area contributed by atoms with Crippen molar-refractivity contribution in [1.82, 2.24) is 0 Å². The van der Waals surface area contributed by atoms with E-state index in [0.717, 1.165) is 0 Å². The molecule has 1 aliphatic rings. The minimum absolute atomic E-state index is 1.17. The van der Waals surface area contributed by atoms with E-state index in [9.17, 15) is 0 Å². The highest BCUT2D eigenvalue weighted by molar-refractivity contribution is 5.45. The van der Waals surface area contributed by atoms with E-state index in [2.05, 4.69) is 45.6 Å². The zero-order valence-corrected chi connectivity index (χ0v) is 10.0. The molecule has 0 aromatic carbocycles. The predicted molar refractivity (Wildman–Crippen MR) is 68.8 cm³/mol. The number of rotatable bonds is 3. The van der Waals surface area contributed by atoms with Gasteiger partial charge in [0, 0.05) is 0 Å². The predicted octanol–water partition coefficient (Wildman–Crippen LogP) is 4.73.